The van der Waals surface area contributed by atoms with Gasteiger partial charge in [-0.15, -0.1) is 0 Å². The van der Waals surface area contributed by atoms with E-state index in [4.69, 9.17) is 37.9 Å². The van der Waals surface area contributed by atoms with E-state index in [1.54, 1.807) is 0 Å². The van der Waals surface area contributed by atoms with Crippen LogP contribution in [0.1, 0.15) is 0 Å². The quantitative estimate of drug-likeness (QED) is 0.247. The molecule has 148 valence electrons. The first kappa shape index (κ1) is 18.7. The topological polar surface area (TPSA) is 104 Å². The molecule has 0 aromatic heterocycles. The first-order chi connectivity index (χ1) is 12.8. The summed E-state index contributed by atoms with van der Waals surface area (Å²) in [4.78, 5) is 11.7. The Bertz CT molecular complexity index is 446. The SMILES string of the molecule is O=C[C@@H](OCC1CO1)[C@H](OCC1CO1)[C@@H](COCC1CO1)OCC1CO1. The van der Waals surface area contributed by atoms with Gasteiger partial charge in [0.1, 0.15) is 42.7 Å². The second-order valence-corrected chi connectivity index (χ2v) is 6.96. The van der Waals surface area contributed by atoms with E-state index in [2.05, 4.69) is 0 Å². The predicted octanol–water partition coefficient (Wildman–Crippen LogP) is -1.05. The van der Waals surface area contributed by atoms with Crippen molar-refractivity contribution in [1.29, 1.82) is 0 Å². The number of rotatable bonds is 16. The predicted molar refractivity (Wildman–Crippen MR) is 85.1 cm³/mol. The molecule has 26 heavy (non-hydrogen) atoms. The summed E-state index contributed by atoms with van der Waals surface area (Å²) in [6, 6.07) is 0. The van der Waals surface area contributed by atoms with Crippen LogP contribution in [0.3, 0.4) is 0 Å². The zero-order chi connectivity index (χ0) is 17.8. The van der Waals surface area contributed by atoms with E-state index < -0.39 is 18.3 Å². The van der Waals surface area contributed by atoms with Crippen molar-refractivity contribution in [2.75, 3.05) is 59.5 Å². The molecule has 0 saturated carbocycles. The number of carbonyl (C=O) groups is 1. The summed E-state index contributed by atoms with van der Waals surface area (Å²) in [6.45, 7) is 4.73. The molecule has 4 heterocycles. The van der Waals surface area contributed by atoms with Crippen molar-refractivity contribution in [3.8, 4) is 0 Å². The van der Waals surface area contributed by atoms with E-state index in [1.807, 2.05) is 0 Å². The van der Waals surface area contributed by atoms with E-state index >= 15 is 0 Å². The van der Waals surface area contributed by atoms with Gasteiger partial charge in [-0.3, -0.25) is 0 Å². The fourth-order valence-electron chi connectivity index (χ4n) is 2.50. The first-order valence-corrected chi connectivity index (χ1v) is 9.16. The van der Waals surface area contributed by atoms with Crippen molar-refractivity contribution >= 4 is 6.29 Å². The highest BCUT2D eigenvalue weighted by Gasteiger charge is 2.38. The smallest absolute Gasteiger partial charge is 0.151 e. The Hall–Kier alpha value is -0.650. The largest absolute Gasteiger partial charge is 0.376 e. The number of ether oxygens (including phenoxy) is 8. The normalized spacial score (nSPS) is 34.8. The van der Waals surface area contributed by atoms with E-state index in [0.29, 0.717) is 46.2 Å². The molecule has 7 atom stereocenters. The average molecular weight is 374 g/mol. The van der Waals surface area contributed by atoms with Crippen molar-refractivity contribution in [3.63, 3.8) is 0 Å². The number of carbonyl (C=O) groups excluding carboxylic acids is 1. The van der Waals surface area contributed by atoms with Gasteiger partial charge in [0.05, 0.1) is 59.5 Å². The summed E-state index contributed by atoms with van der Waals surface area (Å²) in [5.74, 6) is 0. The van der Waals surface area contributed by atoms with Crippen LogP contribution < -0.4 is 0 Å². The monoisotopic (exact) mass is 374 g/mol. The van der Waals surface area contributed by atoms with Crippen LogP contribution in [0, 0.1) is 0 Å². The molecule has 0 aromatic rings. The van der Waals surface area contributed by atoms with Crippen LogP contribution in [0.5, 0.6) is 0 Å². The number of hydrogen-bond acceptors (Lipinski definition) is 9. The fourth-order valence-corrected chi connectivity index (χ4v) is 2.50. The average Bonchev–Trinajstić information content (AvgIpc) is 3.47. The summed E-state index contributed by atoms with van der Waals surface area (Å²) in [7, 11) is 0. The van der Waals surface area contributed by atoms with Crippen LogP contribution in [-0.2, 0) is 42.7 Å². The molecule has 4 aliphatic rings. The molecule has 0 aromatic carbocycles. The summed E-state index contributed by atoms with van der Waals surface area (Å²) in [5.41, 5.74) is 0. The Kier molecular flexibility index (Phi) is 6.49. The van der Waals surface area contributed by atoms with Crippen molar-refractivity contribution in [1.82, 2.24) is 0 Å². The van der Waals surface area contributed by atoms with Crippen LogP contribution in [-0.4, -0.2) is 108 Å². The molecule has 9 nitrogen and oxygen atoms in total. The standard InChI is InChI=1S/C17H26O9/c18-1-15(24-7-12-4-21-12)17(26-9-14-6-23-14)16(25-8-13-5-22-13)10-19-2-11-3-20-11/h1,11-17H,2-10H2/t11?,12?,13?,14?,15-,16-,17+/m1/s1. The Morgan fingerprint density at radius 3 is 1.81 bits per heavy atom. The second-order valence-electron chi connectivity index (χ2n) is 6.96. The van der Waals surface area contributed by atoms with Gasteiger partial charge in [0.25, 0.3) is 0 Å². The minimum absolute atomic E-state index is 0.0624. The molecular weight excluding hydrogens is 348 g/mol. The molecule has 4 saturated heterocycles. The molecule has 0 bridgehead atoms. The van der Waals surface area contributed by atoms with E-state index in [9.17, 15) is 4.79 Å². The van der Waals surface area contributed by atoms with E-state index in [0.717, 1.165) is 12.9 Å². The minimum Gasteiger partial charge on any atom is -0.376 e. The minimum atomic E-state index is -0.760. The molecular formula is C17H26O9. The Morgan fingerprint density at radius 1 is 0.769 bits per heavy atom. The lowest BCUT2D eigenvalue weighted by Crippen LogP contribution is -2.47. The van der Waals surface area contributed by atoms with Gasteiger partial charge in [-0.2, -0.15) is 0 Å². The lowest BCUT2D eigenvalue weighted by atomic mass is 10.1. The van der Waals surface area contributed by atoms with Gasteiger partial charge in [0.2, 0.25) is 0 Å². The maximum atomic E-state index is 11.7. The van der Waals surface area contributed by atoms with Crippen molar-refractivity contribution in [2.24, 2.45) is 0 Å². The highest BCUT2D eigenvalue weighted by Crippen LogP contribution is 2.20. The molecule has 0 amide bonds. The summed E-state index contributed by atoms with van der Waals surface area (Å²) in [5, 5.41) is 0. The van der Waals surface area contributed by atoms with Gasteiger partial charge in [0, 0.05) is 0 Å². The highest BCUT2D eigenvalue weighted by molar-refractivity contribution is 5.57. The highest BCUT2D eigenvalue weighted by atomic mass is 16.6. The first-order valence-electron chi connectivity index (χ1n) is 9.16. The van der Waals surface area contributed by atoms with E-state index in [-0.39, 0.29) is 31.0 Å². The lowest BCUT2D eigenvalue weighted by Gasteiger charge is -2.30. The second kappa shape index (κ2) is 9.03. The van der Waals surface area contributed by atoms with Crippen LogP contribution in [0.4, 0.5) is 0 Å². The summed E-state index contributed by atoms with van der Waals surface area (Å²) < 4.78 is 44.1. The Balaban J connectivity index is 1.34. The zero-order valence-corrected chi connectivity index (χ0v) is 14.7. The van der Waals surface area contributed by atoms with Gasteiger partial charge in [-0.1, -0.05) is 0 Å². The van der Waals surface area contributed by atoms with Crippen molar-refractivity contribution < 1.29 is 42.7 Å². The van der Waals surface area contributed by atoms with Gasteiger partial charge in [-0.25, -0.2) is 0 Å². The van der Waals surface area contributed by atoms with Crippen LogP contribution in [0.25, 0.3) is 0 Å². The molecule has 4 aliphatic heterocycles. The summed E-state index contributed by atoms with van der Waals surface area (Å²) in [6.07, 6.45) is -0.643. The van der Waals surface area contributed by atoms with Gasteiger partial charge in [0.15, 0.2) is 6.29 Å². The fraction of sp³-hybridized carbons (Fsp3) is 0.941. The van der Waals surface area contributed by atoms with Crippen LogP contribution in [0.15, 0.2) is 0 Å². The van der Waals surface area contributed by atoms with Crippen LogP contribution in [0.2, 0.25) is 0 Å². The van der Waals surface area contributed by atoms with Gasteiger partial charge < -0.3 is 42.7 Å². The molecule has 4 unspecified atom stereocenters. The third kappa shape index (κ3) is 6.50. The Labute approximate surface area is 152 Å². The molecule has 4 fully saturated rings. The van der Waals surface area contributed by atoms with Crippen LogP contribution >= 0.6 is 0 Å². The van der Waals surface area contributed by atoms with Crippen molar-refractivity contribution in [3.05, 3.63) is 0 Å². The van der Waals surface area contributed by atoms with E-state index in [1.165, 1.54) is 0 Å². The molecule has 0 aliphatic carbocycles. The number of epoxide rings is 4. The Morgan fingerprint density at radius 2 is 1.27 bits per heavy atom. The van der Waals surface area contributed by atoms with Gasteiger partial charge >= 0.3 is 0 Å². The van der Waals surface area contributed by atoms with Gasteiger partial charge in [-0.05, 0) is 0 Å². The molecule has 9 heteroatoms. The third-order valence-electron chi connectivity index (χ3n) is 4.47. The molecule has 0 radical (unpaired) electrons. The lowest BCUT2D eigenvalue weighted by molar-refractivity contribution is -0.163. The van der Waals surface area contributed by atoms with Crippen molar-refractivity contribution in [2.45, 2.75) is 42.7 Å². The molecule has 4 rings (SSSR count). The summed E-state index contributed by atoms with van der Waals surface area (Å²) >= 11 is 0. The molecule has 0 N–H and O–H groups in total. The maximum absolute atomic E-state index is 11.7. The third-order valence-corrected chi connectivity index (χ3v) is 4.47. The maximum Gasteiger partial charge on any atom is 0.151 e. The zero-order valence-electron chi connectivity index (χ0n) is 14.7. The number of aldehydes is 1. The molecule has 0 spiro atoms. The number of hydrogen-bond donors (Lipinski definition) is 0.